The number of carbonyl (C=O) groups excluding carboxylic acids is 3. The quantitative estimate of drug-likeness (QED) is 0.0531. The van der Waals surface area contributed by atoms with Gasteiger partial charge in [-0.05, 0) is 125 Å². The summed E-state index contributed by atoms with van der Waals surface area (Å²) in [6, 6.07) is 18.5. The maximum Gasteiger partial charge on any atom is 0.350 e. The molecule has 15 rings (SSSR count). The molecule has 35 heteroatoms. The monoisotopic (exact) mass is 1770 g/mol. The Bertz CT molecular complexity index is 5630. The molecule has 9 heterocycles. The van der Waals surface area contributed by atoms with Crippen molar-refractivity contribution in [1.82, 2.24) is 43.4 Å². The molecule has 0 spiro atoms. The molecule has 119 heavy (non-hydrogen) atoms. The molecule has 6 N–H and O–H groups in total. The summed E-state index contributed by atoms with van der Waals surface area (Å²) in [4.78, 5) is 106. The fraction of sp³-hybridized carbons (Fsp3) is 0.393. The van der Waals surface area contributed by atoms with Gasteiger partial charge >= 0.3 is 17.1 Å². The minimum atomic E-state index is -0.757. The van der Waals surface area contributed by atoms with Crippen LogP contribution in [0.15, 0.2) is 146 Å². The van der Waals surface area contributed by atoms with Gasteiger partial charge in [0.25, 0.3) is 0 Å². The Morgan fingerprint density at radius 2 is 0.748 bits per heavy atom. The zero-order valence-corrected chi connectivity index (χ0v) is 71.8. The highest BCUT2D eigenvalue weighted by atomic mass is 35.5. The average molecular weight is 1770 g/mol. The maximum atomic E-state index is 15.1. The standard InChI is InChI=1S/C28H30Cl2FN5O3S.C28H30ClF2N5O3S.C28H31ClFN5O3S/c1-4-23(37)36-15(2)11-34(12-16(36)3)27-19-10-21(30)24(17-5-6-22(31)20(29)9-17)26-25(19)35(28(38)33-27)13-18(14-40-26)39-8-7-32;1-4-23(37)36-15(2)11-34(12-16(36)3)27-20-10-21(29)24(19-6-5-17(30)9-22(19)31)26-25(20)35(28(38)33-27)13-18(14-40-26)39-8-7-32;1-4-23(36)35-16(2)12-33(13-17(35)3)27-21-11-22(29)24(18-5-7-19(30)8-6-18)26-25(21)34(28(37)32-27)14-20(15-39-26)38-10-9-31/h2*4-6,9-10,15-16,18H,1,7-8,11-14,32H2,2-3H3;4-8,11,16-17,20H,1,9-10,12-15,31H2,2-3H3/t2*15-,16+,18?;16-,17+,20?. The van der Waals surface area contributed by atoms with E-state index in [1.807, 2.05) is 63.5 Å². The first-order valence-corrected chi connectivity index (χ1v) is 43.4. The van der Waals surface area contributed by atoms with Crippen molar-refractivity contribution < 1.29 is 46.2 Å². The SMILES string of the molecule is C=CC(=O)N1[C@H](C)CN(c2nc(=O)n3c4c(c(-c5ccc(F)c(Cl)c5)c(Cl)cc24)SCC(OCCN)C3)C[C@@H]1C.C=CC(=O)N1[C@H](C)CN(c2nc(=O)n3c4c(c(-c5ccc(F)cc5)c(Cl)cc24)SCC(OCCN)C3)C[C@@H]1C.C=CC(=O)N1[C@H](C)CN(c2nc(=O)n3c4c(c(-c5ccc(F)cc5F)c(Cl)cc24)SCC(OCCN)C3)C[C@@H]1C. The summed E-state index contributed by atoms with van der Waals surface area (Å²) in [5.74, 6) is 0.322. The molecule has 3 aromatic heterocycles. The third kappa shape index (κ3) is 18.1. The molecule has 0 aliphatic carbocycles. The summed E-state index contributed by atoms with van der Waals surface area (Å²) in [7, 11) is 0. The molecule has 6 aliphatic heterocycles. The topological polar surface area (TPSA) is 281 Å². The summed E-state index contributed by atoms with van der Waals surface area (Å²) in [6.45, 7) is 28.4. The van der Waals surface area contributed by atoms with Crippen LogP contribution in [0.25, 0.3) is 66.1 Å². The molecule has 24 nitrogen and oxygen atoms in total. The summed E-state index contributed by atoms with van der Waals surface area (Å²) >= 11 is 31.4. The molecule has 0 saturated carbocycles. The number of nitrogens with two attached hydrogens (primary N) is 3. The maximum absolute atomic E-state index is 15.1. The van der Waals surface area contributed by atoms with Crippen LogP contribution in [-0.2, 0) is 48.2 Å². The lowest BCUT2D eigenvalue weighted by Gasteiger charge is -2.44. The minimum Gasteiger partial charge on any atom is -0.374 e. The van der Waals surface area contributed by atoms with E-state index >= 15 is 4.39 Å². The highest BCUT2D eigenvalue weighted by Crippen LogP contribution is 2.50. The molecule has 3 unspecified atom stereocenters. The zero-order valence-electron chi connectivity index (χ0n) is 66.3. The summed E-state index contributed by atoms with van der Waals surface area (Å²) in [5, 5.41) is 3.21. The number of thioether (sulfide) groups is 3. The number of rotatable bonds is 18. The molecular formula is C84H91Cl4F4N15O9S3. The number of hydrogen-bond acceptors (Lipinski definition) is 21. The van der Waals surface area contributed by atoms with Gasteiger partial charge in [0.05, 0.1) is 94.4 Å². The van der Waals surface area contributed by atoms with Crippen LogP contribution >= 0.6 is 81.7 Å². The first-order chi connectivity index (χ1) is 57.0. The molecular weight excluding hydrogens is 1680 g/mol. The van der Waals surface area contributed by atoms with Crippen molar-refractivity contribution in [1.29, 1.82) is 0 Å². The summed E-state index contributed by atoms with van der Waals surface area (Å²) < 4.78 is 79.4. The third-order valence-electron chi connectivity index (χ3n) is 21.7. The van der Waals surface area contributed by atoms with Crippen LogP contribution in [0.2, 0.25) is 20.1 Å². The highest BCUT2D eigenvalue weighted by Gasteiger charge is 2.40. The Hall–Kier alpha value is -8.54. The number of aromatic nitrogens is 6. The van der Waals surface area contributed by atoms with Gasteiger partial charge in [0.2, 0.25) is 17.7 Å². The van der Waals surface area contributed by atoms with E-state index in [1.165, 1.54) is 78.2 Å². The van der Waals surface area contributed by atoms with E-state index in [-0.39, 0.29) is 106 Å². The van der Waals surface area contributed by atoms with Crippen LogP contribution in [0.3, 0.4) is 0 Å². The van der Waals surface area contributed by atoms with Crippen LogP contribution in [0.4, 0.5) is 35.0 Å². The Morgan fingerprint density at radius 1 is 0.429 bits per heavy atom. The van der Waals surface area contributed by atoms with Crippen molar-refractivity contribution in [3.8, 4) is 33.4 Å². The van der Waals surface area contributed by atoms with Crippen molar-refractivity contribution in [3.05, 3.63) is 192 Å². The number of benzene rings is 6. The van der Waals surface area contributed by atoms with E-state index in [9.17, 15) is 41.9 Å². The predicted octanol–water partition coefficient (Wildman–Crippen LogP) is 12.5. The van der Waals surface area contributed by atoms with Gasteiger partial charge in [-0.3, -0.25) is 28.1 Å². The Balaban J connectivity index is 0.000000155. The average Bonchev–Trinajstić information content (AvgIpc) is 1.72. The lowest BCUT2D eigenvalue weighted by atomic mass is 10.0. The molecule has 3 saturated heterocycles. The fourth-order valence-corrected chi connectivity index (χ4v) is 22.0. The van der Waals surface area contributed by atoms with Crippen molar-refractivity contribution in [2.75, 3.05) is 111 Å². The summed E-state index contributed by atoms with van der Waals surface area (Å²) in [6.07, 6.45) is 3.06. The Labute approximate surface area is 717 Å². The van der Waals surface area contributed by atoms with Crippen molar-refractivity contribution in [2.24, 2.45) is 17.2 Å². The molecule has 6 aromatic carbocycles. The second-order valence-electron chi connectivity index (χ2n) is 30.1. The van der Waals surface area contributed by atoms with Crippen LogP contribution in [0, 0.1) is 23.3 Å². The second kappa shape index (κ2) is 37.8. The van der Waals surface area contributed by atoms with Crippen molar-refractivity contribution >= 4 is 150 Å². The predicted molar refractivity (Wildman–Crippen MR) is 467 cm³/mol. The number of ether oxygens (including phenoxy) is 3. The molecule has 3 amide bonds. The van der Waals surface area contributed by atoms with Crippen molar-refractivity contribution in [2.45, 2.75) is 130 Å². The van der Waals surface area contributed by atoms with Gasteiger partial charge in [0.15, 0.2) is 0 Å². The van der Waals surface area contributed by atoms with E-state index in [0.29, 0.717) is 180 Å². The lowest BCUT2D eigenvalue weighted by Crippen LogP contribution is -2.58. The Kier molecular flexibility index (Phi) is 28.1. The van der Waals surface area contributed by atoms with Gasteiger partial charge in [-0.2, -0.15) is 15.0 Å². The van der Waals surface area contributed by atoms with E-state index in [1.54, 1.807) is 64.4 Å². The first kappa shape index (κ1) is 88.3. The number of piperazine rings is 3. The van der Waals surface area contributed by atoms with Gasteiger partial charge in [0.1, 0.15) is 40.7 Å². The minimum absolute atomic E-state index is 0.0219. The van der Waals surface area contributed by atoms with Crippen LogP contribution < -0.4 is 49.0 Å². The third-order valence-corrected chi connectivity index (χ3v) is 26.6. The van der Waals surface area contributed by atoms with Gasteiger partial charge < -0.3 is 60.8 Å². The second-order valence-corrected chi connectivity index (χ2v) is 34.8. The number of carbonyl (C=O) groups is 3. The van der Waals surface area contributed by atoms with Gasteiger partial charge in [-0.15, -0.1) is 35.3 Å². The van der Waals surface area contributed by atoms with Crippen LogP contribution in [0.1, 0.15) is 41.5 Å². The number of nitrogens with zero attached hydrogens (tertiary/aromatic N) is 12. The molecule has 6 aliphatic rings. The molecule has 0 radical (unpaired) electrons. The van der Waals surface area contributed by atoms with E-state index < -0.39 is 28.8 Å². The van der Waals surface area contributed by atoms with Gasteiger partial charge in [-0.1, -0.05) is 84.3 Å². The number of halogens is 8. The highest BCUT2D eigenvalue weighted by molar-refractivity contribution is 8.00. The van der Waals surface area contributed by atoms with E-state index in [0.717, 1.165) is 37.9 Å². The molecule has 630 valence electrons. The van der Waals surface area contributed by atoms with E-state index in [4.69, 9.17) is 77.8 Å². The fourth-order valence-electron chi connectivity index (χ4n) is 16.9. The largest absolute Gasteiger partial charge is 0.374 e. The van der Waals surface area contributed by atoms with Gasteiger partial charge in [-0.25, -0.2) is 31.9 Å². The normalized spacial score (nSPS) is 21.1. The smallest absolute Gasteiger partial charge is 0.350 e. The summed E-state index contributed by atoms with van der Waals surface area (Å²) in [5.41, 5.74) is 21.0. The molecule has 3 fully saturated rings. The zero-order chi connectivity index (χ0) is 85.3. The number of amides is 3. The molecule has 9 aromatic rings. The van der Waals surface area contributed by atoms with Gasteiger partial charge in [0, 0.05) is 172 Å². The molecule has 9 atom stereocenters. The van der Waals surface area contributed by atoms with Crippen LogP contribution in [-0.4, -0.2) is 212 Å². The Morgan fingerprint density at radius 3 is 1.08 bits per heavy atom. The molecule has 0 bridgehead atoms. The van der Waals surface area contributed by atoms with Crippen molar-refractivity contribution in [3.63, 3.8) is 0 Å². The van der Waals surface area contributed by atoms with Crippen LogP contribution in [0.5, 0.6) is 0 Å². The number of anilines is 3. The van der Waals surface area contributed by atoms with E-state index in [2.05, 4.69) is 39.6 Å². The number of hydrogen-bond donors (Lipinski definition) is 3. The lowest BCUT2D eigenvalue weighted by molar-refractivity contribution is -0.131. The first-order valence-electron chi connectivity index (χ1n) is 38.9.